The lowest BCUT2D eigenvalue weighted by molar-refractivity contribution is 0.112. The minimum atomic E-state index is -0.495. The van der Waals surface area contributed by atoms with Crippen LogP contribution in [0.3, 0.4) is 0 Å². The molecule has 0 bridgehead atoms. The maximum atomic E-state index is 12.0. The minimum absolute atomic E-state index is 0.0474. The first-order chi connectivity index (χ1) is 8.58. The number of halogens is 1. The minimum Gasteiger partial charge on any atom is -0.380 e. The Morgan fingerprint density at radius 1 is 1.56 bits per heavy atom. The van der Waals surface area contributed by atoms with Crippen LogP contribution in [0.1, 0.15) is 28.4 Å². The molecule has 18 heavy (non-hydrogen) atoms. The van der Waals surface area contributed by atoms with Gasteiger partial charge in [-0.15, -0.1) is 0 Å². The smallest absolute Gasteiger partial charge is 0.269 e. The number of hydrogen-bond acceptors (Lipinski definition) is 4. The summed E-state index contributed by atoms with van der Waals surface area (Å²) < 4.78 is 6.32. The highest BCUT2D eigenvalue weighted by molar-refractivity contribution is 6.32. The number of aromatic nitrogens is 1. The maximum Gasteiger partial charge on any atom is 0.269 e. The van der Waals surface area contributed by atoms with E-state index < -0.39 is 5.56 Å². The second-order valence-corrected chi connectivity index (χ2v) is 3.95. The van der Waals surface area contributed by atoms with Crippen LogP contribution in [0.5, 0.6) is 0 Å². The van der Waals surface area contributed by atoms with Gasteiger partial charge in [-0.1, -0.05) is 11.6 Å². The number of rotatable bonds is 5. The molecule has 0 saturated heterocycles. The van der Waals surface area contributed by atoms with E-state index in [2.05, 4.69) is 0 Å². The van der Waals surface area contributed by atoms with Gasteiger partial charge in [0.15, 0.2) is 6.29 Å². The molecule has 0 atom stereocenters. The third-order valence-electron chi connectivity index (χ3n) is 2.59. The molecule has 6 heteroatoms. The van der Waals surface area contributed by atoms with Crippen LogP contribution in [0.15, 0.2) is 4.79 Å². The molecule has 0 amide bonds. The van der Waals surface area contributed by atoms with Gasteiger partial charge >= 0.3 is 0 Å². The predicted octanol–water partition coefficient (Wildman–Crippen LogP) is 1.53. The summed E-state index contributed by atoms with van der Waals surface area (Å²) in [4.78, 5) is 23.0. The zero-order chi connectivity index (χ0) is 13.7. The Morgan fingerprint density at radius 3 is 2.72 bits per heavy atom. The molecule has 0 radical (unpaired) electrons. The van der Waals surface area contributed by atoms with Gasteiger partial charge in [0, 0.05) is 6.61 Å². The molecule has 1 rings (SSSR count). The largest absolute Gasteiger partial charge is 0.380 e. The van der Waals surface area contributed by atoms with Crippen LogP contribution in [0.25, 0.3) is 0 Å². The molecule has 0 aliphatic heterocycles. The Morgan fingerprint density at radius 2 is 2.22 bits per heavy atom. The first-order valence-electron chi connectivity index (χ1n) is 5.44. The fourth-order valence-corrected chi connectivity index (χ4v) is 1.94. The average Bonchev–Trinajstić information content (AvgIpc) is 2.34. The molecule has 0 N–H and O–H groups in total. The summed E-state index contributed by atoms with van der Waals surface area (Å²) in [5, 5.41) is 9.00. The van der Waals surface area contributed by atoms with Crippen LogP contribution in [-0.4, -0.2) is 24.1 Å². The lowest BCUT2D eigenvalue weighted by atomic mass is 10.1. The summed E-state index contributed by atoms with van der Waals surface area (Å²) in [5.74, 6) is 0. The molecule has 1 aromatic rings. The molecule has 0 saturated carbocycles. The van der Waals surface area contributed by atoms with E-state index in [-0.39, 0.29) is 22.8 Å². The van der Waals surface area contributed by atoms with Gasteiger partial charge in [0.25, 0.3) is 5.56 Å². The van der Waals surface area contributed by atoms with Crippen molar-refractivity contribution in [3.8, 4) is 6.07 Å². The normalized spacial score (nSPS) is 10.1. The summed E-state index contributed by atoms with van der Waals surface area (Å²) in [7, 11) is 0. The highest BCUT2D eigenvalue weighted by Gasteiger charge is 2.17. The van der Waals surface area contributed by atoms with Gasteiger partial charge < -0.3 is 4.74 Å². The quantitative estimate of drug-likeness (QED) is 0.461. The summed E-state index contributed by atoms with van der Waals surface area (Å²) in [5.41, 5.74) is -0.0669. The van der Waals surface area contributed by atoms with Gasteiger partial charge in [-0.05, 0) is 19.4 Å². The molecule has 1 aromatic heterocycles. The van der Waals surface area contributed by atoms with Crippen LogP contribution in [0.2, 0.25) is 5.15 Å². The second kappa shape index (κ2) is 6.34. The SMILES string of the molecule is CCOCCn1c(Cl)c(C=O)c(C)c(C#N)c1=O. The van der Waals surface area contributed by atoms with Crippen molar-refractivity contribution in [1.29, 1.82) is 5.26 Å². The molecule has 0 aliphatic rings. The monoisotopic (exact) mass is 268 g/mol. The van der Waals surface area contributed by atoms with Crippen LogP contribution < -0.4 is 5.56 Å². The van der Waals surface area contributed by atoms with E-state index in [4.69, 9.17) is 21.6 Å². The number of carbonyl (C=O) groups is 1. The molecule has 0 aromatic carbocycles. The van der Waals surface area contributed by atoms with Gasteiger partial charge in [0.1, 0.15) is 16.8 Å². The number of nitriles is 1. The third kappa shape index (κ3) is 2.61. The summed E-state index contributed by atoms with van der Waals surface area (Å²) >= 11 is 5.99. The Kier molecular flexibility index (Phi) is 5.08. The molecule has 0 unspecified atom stereocenters. The molecule has 1 heterocycles. The molecule has 5 nitrogen and oxygen atoms in total. The van der Waals surface area contributed by atoms with E-state index >= 15 is 0 Å². The molecular formula is C12H13ClN2O3. The van der Waals surface area contributed by atoms with Crippen molar-refractivity contribution in [2.45, 2.75) is 20.4 Å². The highest BCUT2D eigenvalue weighted by Crippen LogP contribution is 2.18. The van der Waals surface area contributed by atoms with Crippen molar-refractivity contribution in [2.75, 3.05) is 13.2 Å². The van der Waals surface area contributed by atoms with Crippen molar-refractivity contribution in [3.05, 3.63) is 32.2 Å². The number of aldehydes is 1. The number of carbonyl (C=O) groups excluding carboxylic acids is 1. The van der Waals surface area contributed by atoms with E-state index in [0.29, 0.717) is 25.1 Å². The summed E-state index contributed by atoms with van der Waals surface area (Å²) in [6.07, 6.45) is 0.551. The number of nitrogens with zero attached hydrogens (tertiary/aromatic N) is 2. The van der Waals surface area contributed by atoms with E-state index in [1.807, 2.05) is 6.92 Å². The van der Waals surface area contributed by atoms with E-state index in [0.717, 1.165) is 0 Å². The van der Waals surface area contributed by atoms with Crippen LogP contribution in [0.4, 0.5) is 0 Å². The first-order valence-corrected chi connectivity index (χ1v) is 5.82. The Balaban J connectivity index is 3.38. The third-order valence-corrected chi connectivity index (χ3v) is 3.00. The fourth-order valence-electron chi connectivity index (χ4n) is 1.59. The summed E-state index contributed by atoms with van der Waals surface area (Å²) in [6.45, 7) is 4.38. The molecule has 96 valence electrons. The summed E-state index contributed by atoms with van der Waals surface area (Å²) in [6, 6.07) is 1.80. The Labute approximate surface area is 110 Å². The highest BCUT2D eigenvalue weighted by atomic mass is 35.5. The lowest BCUT2D eigenvalue weighted by Crippen LogP contribution is -2.27. The number of pyridine rings is 1. The lowest BCUT2D eigenvalue weighted by Gasteiger charge is -2.12. The Hall–Kier alpha value is -1.64. The molecule has 0 fully saturated rings. The van der Waals surface area contributed by atoms with Gasteiger partial charge in [-0.3, -0.25) is 14.2 Å². The maximum absolute atomic E-state index is 12.0. The van der Waals surface area contributed by atoms with Crippen molar-refractivity contribution in [2.24, 2.45) is 0 Å². The zero-order valence-electron chi connectivity index (χ0n) is 10.2. The molecule has 0 aliphatic carbocycles. The molecular weight excluding hydrogens is 256 g/mol. The van der Waals surface area contributed by atoms with Gasteiger partial charge in [-0.2, -0.15) is 5.26 Å². The Bertz CT molecular complexity index is 558. The van der Waals surface area contributed by atoms with Crippen molar-refractivity contribution >= 4 is 17.9 Å². The second-order valence-electron chi connectivity index (χ2n) is 3.59. The topological polar surface area (TPSA) is 72.1 Å². The number of hydrogen-bond donors (Lipinski definition) is 0. The zero-order valence-corrected chi connectivity index (χ0v) is 11.0. The van der Waals surface area contributed by atoms with Gasteiger partial charge in [0.2, 0.25) is 0 Å². The number of ether oxygens (including phenoxy) is 1. The van der Waals surface area contributed by atoms with Gasteiger partial charge in [-0.25, -0.2) is 0 Å². The van der Waals surface area contributed by atoms with Crippen LogP contribution in [0, 0.1) is 18.3 Å². The molecule has 0 spiro atoms. The van der Waals surface area contributed by atoms with Gasteiger partial charge in [0.05, 0.1) is 18.7 Å². The van der Waals surface area contributed by atoms with Crippen LogP contribution in [-0.2, 0) is 11.3 Å². The van der Waals surface area contributed by atoms with E-state index in [9.17, 15) is 9.59 Å². The van der Waals surface area contributed by atoms with E-state index in [1.165, 1.54) is 11.5 Å². The van der Waals surface area contributed by atoms with E-state index in [1.54, 1.807) is 6.07 Å². The van der Waals surface area contributed by atoms with Crippen molar-refractivity contribution in [1.82, 2.24) is 4.57 Å². The predicted molar refractivity (Wildman–Crippen MR) is 67.0 cm³/mol. The van der Waals surface area contributed by atoms with Crippen molar-refractivity contribution in [3.63, 3.8) is 0 Å². The average molecular weight is 269 g/mol. The van der Waals surface area contributed by atoms with Crippen LogP contribution >= 0.6 is 11.6 Å². The fraction of sp³-hybridized carbons (Fsp3) is 0.417. The standard InChI is InChI=1S/C12H13ClN2O3/c1-3-18-5-4-15-11(13)10(7-16)8(2)9(6-14)12(15)17/h7H,3-5H2,1-2H3. The van der Waals surface area contributed by atoms with Crippen molar-refractivity contribution < 1.29 is 9.53 Å². The first kappa shape index (κ1) is 14.4.